The number of ether oxygens (including phenoxy) is 3. The lowest BCUT2D eigenvalue weighted by molar-refractivity contribution is 0.0748. The molecule has 0 aliphatic carbocycles. The lowest BCUT2D eigenvalue weighted by atomic mass is 10.1. The Kier molecular flexibility index (Phi) is 6.39. The van der Waals surface area contributed by atoms with Crippen molar-refractivity contribution in [3.8, 4) is 17.2 Å². The average molecular weight is 399 g/mol. The third-order valence-electron chi connectivity index (χ3n) is 4.32. The van der Waals surface area contributed by atoms with Gasteiger partial charge in [0.2, 0.25) is 0 Å². The summed E-state index contributed by atoms with van der Waals surface area (Å²) < 4.78 is 34.6. The fourth-order valence-electron chi connectivity index (χ4n) is 2.75. The minimum atomic E-state index is -0.334. The minimum Gasteiger partial charge on any atom is -0.497 e. The van der Waals surface area contributed by atoms with Gasteiger partial charge >= 0.3 is 0 Å². The molecule has 1 heterocycles. The van der Waals surface area contributed by atoms with Gasteiger partial charge in [-0.15, -0.1) is 0 Å². The number of methoxy groups -OCH3 is 2. The SMILES string of the molecule is COc1ccc(CN(C)C(=O)c2ccc(COc3ccc(F)cc3)o2)c(OC)c1. The van der Waals surface area contributed by atoms with Crippen molar-refractivity contribution in [2.45, 2.75) is 13.2 Å². The molecule has 0 bridgehead atoms. The maximum absolute atomic E-state index is 12.9. The van der Waals surface area contributed by atoms with Crippen molar-refractivity contribution in [3.05, 3.63) is 77.5 Å². The molecule has 0 radical (unpaired) electrons. The second-order valence-corrected chi connectivity index (χ2v) is 6.35. The molecule has 6 nitrogen and oxygen atoms in total. The van der Waals surface area contributed by atoms with Crippen LogP contribution >= 0.6 is 0 Å². The van der Waals surface area contributed by atoms with Crippen LogP contribution < -0.4 is 14.2 Å². The highest BCUT2D eigenvalue weighted by Crippen LogP contribution is 2.26. The van der Waals surface area contributed by atoms with Crippen molar-refractivity contribution in [3.63, 3.8) is 0 Å². The monoisotopic (exact) mass is 399 g/mol. The normalized spacial score (nSPS) is 10.5. The van der Waals surface area contributed by atoms with Gasteiger partial charge in [0.15, 0.2) is 5.76 Å². The second-order valence-electron chi connectivity index (χ2n) is 6.35. The number of carbonyl (C=O) groups excluding carboxylic acids is 1. The summed E-state index contributed by atoms with van der Waals surface area (Å²) in [4.78, 5) is 14.2. The summed E-state index contributed by atoms with van der Waals surface area (Å²) in [6, 6.07) is 14.4. The summed E-state index contributed by atoms with van der Waals surface area (Å²) in [5, 5.41) is 0. The molecule has 0 saturated carbocycles. The number of carbonyl (C=O) groups is 1. The van der Waals surface area contributed by atoms with E-state index in [4.69, 9.17) is 18.6 Å². The Morgan fingerprint density at radius 3 is 2.41 bits per heavy atom. The molecule has 0 aliphatic heterocycles. The highest BCUT2D eigenvalue weighted by atomic mass is 19.1. The molecular formula is C22H22FNO5. The van der Waals surface area contributed by atoms with Crippen LogP contribution in [0.1, 0.15) is 21.9 Å². The summed E-state index contributed by atoms with van der Waals surface area (Å²) in [5.74, 6) is 1.93. The first-order chi connectivity index (χ1) is 14.0. The predicted octanol–water partition coefficient (Wildman–Crippen LogP) is 4.29. The van der Waals surface area contributed by atoms with Crippen LogP contribution in [0.4, 0.5) is 4.39 Å². The number of amides is 1. The zero-order valence-corrected chi connectivity index (χ0v) is 16.5. The number of hydrogen-bond acceptors (Lipinski definition) is 5. The van der Waals surface area contributed by atoms with Crippen LogP contribution in [0.5, 0.6) is 17.2 Å². The molecule has 0 aliphatic rings. The number of rotatable bonds is 8. The molecule has 152 valence electrons. The lowest BCUT2D eigenvalue weighted by Crippen LogP contribution is -2.26. The number of benzene rings is 2. The highest BCUT2D eigenvalue weighted by molar-refractivity contribution is 5.91. The first-order valence-corrected chi connectivity index (χ1v) is 8.93. The molecule has 0 spiro atoms. The van der Waals surface area contributed by atoms with Gasteiger partial charge in [0.25, 0.3) is 5.91 Å². The van der Waals surface area contributed by atoms with Gasteiger partial charge in [-0.1, -0.05) is 0 Å². The van der Waals surface area contributed by atoms with Gasteiger partial charge in [0.05, 0.1) is 14.2 Å². The maximum Gasteiger partial charge on any atom is 0.289 e. The van der Waals surface area contributed by atoms with E-state index in [0.717, 1.165) is 5.56 Å². The fraction of sp³-hybridized carbons (Fsp3) is 0.227. The number of furan rings is 1. The van der Waals surface area contributed by atoms with E-state index in [0.29, 0.717) is 29.6 Å². The summed E-state index contributed by atoms with van der Waals surface area (Å²) in [6.07, 6.45) is 0. The zero-order chi connectivity index (χ0) is 20.8. The van der Waals surface area contributed by atoms with Crippen LogP contribution in [-0.2, 0) is 13.2 Å². The van der Waals surface area contributed by atoms with Crippen molar-refractivity contribution in [1.29, 1.82) is 0 Å². The molecule has 3 rings (SSSR count). The Morgan fingerprint density at radius 2 is 1.72 bits per heavy atom. The molecule has 2 aromatic carbocycles. The summed E-state index contributed by atoms with van der Waals surface area (Å²) >= 11 is 0. The number of nitrogens with zero attached hydrogens (tertiary/aromatic N) is 1. The summed E-state index contributed by atoms with van der Waals surface area (Å²) in [7, 11) is 4.83. The van der Waals surface area contributed by atoms with Gasteiger partial charge in [0, 0.05) is 25.2 Å². The van der Waals surface area contributed by atoms with Crippen LogP contribution in [-0.4, -0.2) is 32.1 Å². The molecule has 3 aromatic rings. The van der Waals surface area contributed by atoms with E-state index >= 15 is 0 Å². The third-order valence-corrected chi connectivity index (χ3v) is 4.32. The third kappa shape index (κ3) is 5.07. The quantitative estimate of drug-likeness (QED) is 0.566. The van der Waals surface area contributed by atoms with Gasteiger partial charge < -0.3 is 23.5 Å². The largest absolute Gasteiger partial charge is 0.497 e. The molecule has 29 heavy (non-hydrogen) atoms. The van der Waals surface area contributed by atoms with Gasteiger partial charge in [-0.3, -0.25) is 4.79 Å². The van der Waals surface area contributed by atoms with E-state index in [2.05, 4.69) is 0 Å². The first-order valence-electron chi connectivity index (χ1n) is 8.93. The van der Waals surface area contributed by atoms with Gasteiger partial charge in [-0.25, -0.2) is 4.39 Å². The molecule has 7 heteroatoms. The van der Waals surface area contributed by atoms with Crippen LogP contribution in [0.15, 0.2) is 59.0 Å². The Bertz CT molecular complexity index is 968. The van der Waals surface area contributed by atoms with E-state index in [9.17, 15) is 9.18 Å². The number of hydrogen-bond donors (Lipinski definition) is 0. The second kappa shape index (κ2) is 9.14. The molecule has 1 aromatic heterocycles. The maximum atomic E-state index is 12.9. The average Bonchev–Trinajstić information content (AvgIpc) is 3.22. The molecular weight excluding hydrogens is 377 g/mol. The Morgan fingerprint density at radius 1 is 1.00 bits per heavy atom. The smallest absolute Gasteiger partial charge is 0.289 e. The van der Waals surface area contributed by atoms with E-state index in [1.807, 2.05) is 12.1 Å². The standard InChI is InChI=1S/C22H22FNO5/c1-24(13-15-4-7-18(26-2)12-21(15)27-3)22(25)20-11-10-19(29-20)14-28-17-8-5-16(23)6-9-17/h4-12H,13-14H2,1-3H3. The lowest BCUT2D eigenvalue weighted by Gasteiger charge is -2.18. The highest BCUT2D eigenvalue weighted by Gasteiger charge is 2.18. The van der Waals surface area contributed by atoms with Crippen LogP contribution in [0.2, 0.25) is 0 Å². The molecule has 0 saturated heterocycles. The Hall–Kier alpha value is -3.48. The zero-order valence-electron chi connectivity index (χ0n) is 16.5. The van der Waals surface area contributed by atoms with Gasteiger partial charge in [-0.05, 0) is 48.5 Å². The molecule has 1 amide bonds. The summed E-state index contributed by atoms with van der Waals surface area (Å²) in [5.41, 5.74) is 0.843. The van der Waals surface area contributed by atoms with Gasteiger partial charge in [0.1, 0.15) is 35.4 Å². The van der Waals surface area contributed by atoms with Crippen molar-refractivity contribution in [2.24, 2.45) is 0 Å². The Labute approximate surface area is 168 Å². The van der Waals surface area contributed by atoms with Crippen LogP contribution in [0, 0.1) is 5.82 Å². The van der Waals surface area contributed by atoms with Crippen LogP contribution in [0.3, 0.4) is 0 Å². The number of halogens is 1. The van der Waals surface area contributed by atoms with E-state index in [1.54, 1.807) is 39.5 Å². The fourth-order valence-corrected chi connectivity index (χ4v) is 2.75. The van der Waals surface area contributed by atoms with E-state index in [1.165, 1.54) is 29.2 Å². The first kappa shape index (κ1) is 20.3. The topological polar surface area (TPSA) is 61.1 Å². The summed E-state index contributed by atoms with van der Waals surface area (Å²) in [6.45, 7) is 0.475. The molecule has 0 fully saturated rings. The predicted molar refractivity (Wildman–Crippen MR) is 105 cm³/mol. The van der Waals surface area contributed by atoms with Crippen LogP contribution in [0.25, 0.3) is 0 Å². The molecule has 0 N–H and O–H groups in total. The van der Waals surface area contributed by atoms with E-state index in [-0.39, 0.29) is 24.1 Å². The van der Waals surface area contributed by atoms with E-state index < -0.39 is 0 Å². The Balaban J connectivity index is 1.62. The van der Waals surface area contributed by atoms with Gasteiger partial charge in [-0.2, -0.15) is 0 Å². The van der Waals surface area contributed by atoms with Crippen molar-refractivity contribution >= 4 is 5.91 Å². The van der Waals surface area contributed by atoms with Crippen molar-refractivity contribution in [1.82, 2.24) is 4.90 Å². The minimum absolute atomic E-state index is 0.134. The molecule has 0 atom stereocenters. The molecule has 0 unspecified atom stereocenters. The van der Waals surface area contributed by atoms with Crippen molar-refractivity contribution in [2.75, 3.05) is 21.3 Å². The van der Waals surface area contributed by atoms with Crippen molar-refractivity contribution < 1.29 is 27.8 Å².